The molecule has 168 valence electrons. The molecule has 1 aliphatic heterocycles. The van der Waals surface area contributed by atoms with E-state index < -0.39 is 17.7 Å². The fraction of sp³-hybridized carbons (Fsp3) is 0.222. The summed E-state index contributed by atoms with van der Waals surface area (Å²) in [5, 5.41) is 11.1. The number of amides is 1. The number of rotatable bonds is 7. The number of unbranched alkanes of at least 4 members (excludes halogenated alkanes) is 1. The monoisotopic (exact) mass is 442 g/mol. The number of aromatic nitrogens is 1. The molecular weight excluding hydrogens is 416 g/mol. The summed E-state index contributed by atoms with van der Waals surface area (Å²) >= 11 is 0. The maximum Gasteiger partial charge on any atom is 0.300 e. The number of aryl methyl sites for hydroxylation is 1. The molecule has 1 amide bonds. The summed E-state index contributed by atoms with van der Waals surface area (Å²) in [4.78, 5) is 32.2. The minimum atomic E-state index is -0.838. The van der Waals surface area contributed by atoms with Crippen molar-refractivity contribution in [3.05, 3.63) is 95.3 Å². The third-order valence-corrected chi connectivity index (χ3v) is 5.81. The van der Waals surface area contributed by atoms with Crippen molar-refractivity contribution in [3.63, 3.8) is 0 Å². The Morgan fingerprint density at radius 1 is 1.03 bits per heavy atom. The molecule has 3 aromatic rings. The van der Waals surface area contributed by atoms with Crippen LogP contribution in [0.2, 0.25) is 0 Å². The maximum absolute atomic E-state index is 13.2. The summed E-state index contributed by atoms with van der Waals surface area (Å²) in [7, 11) is 1.55. The molecule has 0 aliphatic carbocycles. The third kappa shape index (κ3) is 4.37. The van der Waals surface area contributed by atoms with Gasteiger partial charge in [0, 0.05) is 17.4 Å². The molecule has 1 saturated heterocycles. The zero-order valence-corrected chi connectivity index (χ0v) is 18.7. The topological polar surface area (TPSA) is 79.7 Å². The molecule has 1 N–H and O–H groups in total. The van der Waals surface area contributed by atoms with Gasteiger partial charge in [0.1, 0.15) is 17.6 Å². The zero-order chi connectivity index (χ0) is 23.4. The number of nitrogens with zero attached hydrogens (tertiary/aromatic N) is 2. The van der Waals surface area contributed by atoms with E-state index in [1.54, 1.807) is 55.8 Å². The van der Waals surface area contributed by atoms with E-state index in [0.29, 0.717) is 22.7 Å². The lowest BCUT2D eigenvalue weighted by Crippen LogP contribution is -2.29. The van der Waals surface area contributed by atoms with E-state index in [4.69, 9.17) is 4.74 Å². The molecule has 4 rings (SSSR count). The summed E-state index contributed by atoms with van der Waals surface area (Å²) < 4.78 is 5.18. The molecule has 1 unspecified atom stereocenters. The fourth-order valence-electron chi connectivity index (χ4n) is 4.02. The Bertz CT molecular complexity index is 1170. The van der Waals surface area contributed by atoms with Crippen molar-refractivity contribution in [2.75, 3.05) is 12.0 Å². The molecule has 0 bridgehead atoms. The van der Waals surface area contributed by atoms with Crippen LogP contribution in [-0.4, -0.2) is 28.9 Å². The molecule has 2 aromatic carbocycles. The van der Waals surface area contributed by atoms with Crippen LogP contribution in [-0.2, 0) is 16.0 Å². The molecule has 2 heterocycles. The van der Waals surface area contributed by atoms with E-state index in [2.05, 4.69) is 11.9 Å². The highest BCUT2D eigenvalue weighted by Crippen LogP contribution is 2.41. The van der Waals surface area contributed by atoms with Crippen molar-refractivity contribution in [2.24, 2.45) is 0 Å². The first-order chi connectivity index (χ1) is 16.0. The van der Waals surface area contributed by atoms with Crippen LogP contribution in [0.15, 0.2) is 78.5 Å². The van der Waals surface area contributed by atoms with Gasteiger partial charge in [-0.2, -0.15) is 0 Å². The van der Waals surface area contributed by atoms with Gasteiger partial charge in [-0.05, 0) is 66.9 Å². The lowest BCUT2D eigenvalue weighted by Gasteiger charge is -2.24. The van der Waals surface area contributed by atoms with Crippen LogP contribution in [0.5, 0.6) is 5.75 Å². The summed E-state index contributed by atoms with van der Waals surface area (Å²) in [6.45, 7) is 2.14. The molecule has 6 nitrogen and oxygen atoms in total. The van der Waals surface area contributed by atoms with Crippen LogP contribution in [0, 0.1) is 0 Å². The lowest BCUT2D eigenvalue weighted by molar-refractivity contribution is -0.132. The highest BCUT2D eigenvalue weighted by molar-refractivity contribution is 6.51. The van der Waals surface area contributed by atoms with Crippen molar-refractivity contribution in [3.8, 4) is 5.75 Å². The molecular formula is C27H26N2O4. The van der Waals surface area contributed by atoms with Crippen molar-refractivity contribution in [1.82, 2.24) is 4.98 Å². The Kier molecular flexibility index (Phi) is 6.54. The average molecular weight is 443 g/mol. The number of aliphatic hydroxyl groups excluding tert-OH is 1. The second-order valence-electron chi connectivity index (χ2n) is 7.92. The number of carbonyl (C=O) groups excluding carboxylic acids is 2. The predicted octanol–water partition coefficient (Wildman–Crippen LogP) is 5.06. The molecule has 0 radical (unpaired) electrons. The Morgan fingerprint density at radius 3 is 2.36 bits per heavy atom. The Balaban J connectivity index is 1.82. The fourth-order valence-corrected chi connectivity index (χ4v) is 4.02. The van der Waals surface area contributed by atoms with Crippen LogP contribution in [0.25, 0.3) is 5.76 Å². The van der Waals surface area contributed by atoms with Gasteiger partial charge < -0.3 is 9.84 Å². The minimum Gasteiger partial charge on any atom is -0.507 e. The van der Waals surface area contributed by atoms with Gasteiger partial charge in [-0.15, -0.1) is 0 Å². The summed E-state index contributed by atoms with van der Waals surface area (Å²) in [5.74, 6) is -1.05. The SMILES string of the molecule is CCCCc1ccc(N2C(=O)C(=O)/C(=C(\O)c3ccc(OC)cc3)C2c2ccccn2)cc1. The molecule has 1 aromatic heterocycles. The van der Waals surface area contributed by atoms with Crippen LogP contribution in [0.1, 0.15) is 42.6 Å². The normalized spacial score (nSPS) is 17.4. The van der Waals surface area contributed by atoms with Crippen molar-refractivity contribution < 1.29 is 19.4 Å². The van der Waals surface area contributed by atoms with E-state index in [1.165, 1.54) is 10.5 Å². The van der Waals surface area contributed by atoms with Gasteiger partial charge in [-0.1, -0.05) is 31.5 Å². The molecule has 1 fully saturated rings. The number of carbonyl (C=O) groups is 2. The maximum atomic E-state index is 13.2. The minimum absolute atomic E-state index is 0.0129. The number of ether oxygens (including phenoxy) is 1. The number of hydrogen-bond donors (Lipinski definition) is 1. The van der Waals surface area contributed by atoms with Gasteiger partial charge in [0.15, 0.2) is 0 Å². The van der Waals surface area contributed by atoms with Crippen molar-refractivity contribution in [1.29, 1.82) is 0 Å². The second-order valence-corrected chi connectivity index (χ2v) is 7.92. The number of ketones is 1. The molecule has 0 saturated carbocycles. The van der Waals surface area contributed by atoms with Gasteiger partial charge >= 0.3 is 0 Å². The molecule has 0 spiro atoms. The van der Waals surface area contributed by atoms with E-state index in [1.807, 2.05) is 24.3 Å². The first-order valence-corrected chi connectivity index (χ1v) is 11.0. The average Bonchev–Trinajstić information content (AvgIpc) is 3.13. The van der Waals surface area contributed by atoms with E-state index in [-0.39, 0.29) is 11.3 Å². The Morgan fingerprint density at radius 2 is 1.76 bits per heavy atom. The molecule has 1 atom stereocenters. The van der Waals surface area contributed by atoms with Gasteiger partial charge in [-0.25, -0.2) is 0 Å². The van der Waals surface area contributed by atoms with E-state index in [0.717, 1.165) is 19.3 Å². The van der Waals surface area contributed by atoms with Crippen molar-refractivity contribution >= 4 is 23.1 Å². The number of pyridine rings is 1. The largest absolute Gasteiger partial charge is 0.507 e. The number of Topliss-reactive ketones (excluding diaryl/α,β-unsaturated/α-hetero) is 1. The zero-order valence-electron chi connectivity index (χ0n) is 18.7. The first-order valence-electron chi connectivity index (χ1n) is 11.0. The van der Waals surface area contributed by atoms with Gasteiger partial charge in [0.2, 0.25) is 0 Å². The van der Waals surface area contributed by atoms with Gasteiger partial charge in [-0.3, -0.25) is 19.5 Å². The second kappa shape index (κ2) is 9.69. The highest BCUT2D eigenvalue weighted by Gasteiger charge is 2.47. The van der Waals surface area contributed by atoms with Gasteiger partial charge in [0.25, 0.3) is 11.7 Å². The van der Waals surface area contributed by atoms with Gasteiger partial charge in [0.05, 0.1) is 18.4 Å². The summed E-state index contributed by atoms with van der Waals surface area (Å²) in [6.07, 6.45) is 4.74. The molecule has 1 aliphatic rings. The lowest BCUT2D eigenvalue weighted by atomic mass is 9.98. The summed E-state index contributed by atoms with van der Waals surface area (Å²) in [5.41, 5.74) is 2.69. The third-order valence-electron chi connectivity index (χ3n) is 5.81. The van der Waals surface area contributed by atoms with Crippen LogP contribution < -0.4 is 9.64 Å². The predicted molar refractivity (Wildman–Crippen MR) is 127 cm³/mol. The number of anilines is 1. The van der Waals surface area contributed by atoms with E-state index >= 15 is 0 Å². The quantitative estimate of drug-likeness (QED) is 0.314. The first kappa shape index (κ1) is 22.3. The number of methoxy groups -OCH3 is 1. The molecule has 6 heteroatoms. The van der Waals surface area contributed by atoms with Crippen molar-refractivity contribution in [2.45, 2.75) is 32.2 Å². The standard InChI is InChI=1S/C27H26N2O4/c1-3-4-7-18-9-13-20(14-10-18)29-24(22-8-5-6-17-28-22)23(26(31)27(29)32)25(30)19-11-15-21(33-2)16-12-19/h5-6,8-17,24,30H,3-4,7H2,1-2H3/b25-23-. The Labute approximate surface area is 193 Å². The van der Waals surface area contributed by atoms with Crippen LogP contribution in [0.3, 0.4) is 0 Å². The number of hydrogen-bond acceptors (Lipinski definition) is 5. The Hall–Kier alpha value is -3.93. The number of aliphatic hydroxyl groups is 1. The van der Waals surface area contributed by atoms with Crippen LogP contribution in [0.4, 0.5) is 5.69 Å². The van der Waals surface area contributed by atoms with Crippen LogP contribution >= 0.6 is 0 Å². The summed E-state index contributed by atoms with van der Waals surface area (Å²) in [6, 6.07) is 18.8. The highest BCUT2D eigenvalue weighted by atomic mass is 16.5. The number of benzene rings is 2. The smallest absolute Gasteiger partial charge is 0.300 e. The van der Waals surface area contributed by atoms with E-state index in [9.17, 15) is 14.7 Å². The molecule has 33 heavy (non-hydrogen) atoms.